The van der Waals surface area contributed by atoms with E-state index in [0.29, 0.717) is 17.9 Å². The maximum absolute atomic E-state index is 12.0. The van der Waals surface area contributed by atoms with Gasteiger partial charge in [-0.15, -0.1) is 11.3 Å². The Labute approximate surface area is 119 Å². The second-order valence-electron chi connectivity index (χ2n) is 5.86. The molecule has 0 spiro atoms. The normalized spacial score (nSPS) is 18.3. The Morgan fingerprint density at radius 3 is 2.68 bits per heavy atom. The molecule has 4 heteroatoms. The van der Waals surface area contributed by atoms with E-state index in [0.717, 1.165) is 6.54 Å². The van der Waals surface area contributed by atoms with Crippen LogP contribution in [0.1, 0.15) is 44.5 Å². The van der Waals surface area contributed by atoms with Gasteiger partial charge in [0.05, 0.1) is 6.04 Å². The topological polar surface area (TPSA) is 41.1 Å². The lowest BCUT2D eigenvalue weighted by Crippen LogP contribution is -2.44. The second-order valence-corrected chi connectivity index (χ2v) is 6.84. The van der Waals surface area contributed by atoms with E-state index in [1.54, 1.807) is 11.3 Å². The molecule has 1 aliphatic rings. The molecule has 1 aromatic rings. The summed E-state index contributed by atoms with van der Waals surface area (Å²) in [7, 11) is 0. The van der Waals surface area contributed by atoms with Gasteiger partial charge in [-0.05, 0) is 43.0 Å². The van der Waals surface area contributed by atoms with Gasteiger partial charge in [0, 0.05) is 17.5 Å². The third kappa shape index (κ3) is 4.32. The van der Waals surface area contributed by atoms with E-state index in [-0.39, 0.29) is 11.9 Å². The SMILES string of the molecule is CC(C)CNC(=O)C(C)NC(c1cccs1)C1CC1. The number of rotatable bonds is 7. The highest BCUT2D eigenvalue weighted by atomic mass is 32.1. The number of amides is 1. The Morgan fingerprint density at radius 2 is 2.16 bits per heavy atom. The lowest BCUT2D eigenvalue weighted by Gasteiger charge is -2.22. The van der Waals surface area contributed by atoms with E-state index in [1.165, 1.54) is 17.7 Å². The smallest absolute Gasteiger partial charge is 0.236 e. The number of hydrogen-bond donors (Lipinski definition) is 2. The van der Waals surface area contributed by atoms with Gasteiger partial charge >= 0.3 is 0 Å². The molecule has 1 aromatic heterocycles. The molecule has 1 aliphatic carbocycles. The van der Waals surface area contributed by atoms with Crippen LogP contribution in [0, 0.1) is 11.8 Å². The van der Waals surface area contributed by atoms with Crippen LogP contribution in [-0.4, -0.2) is 18.5 Å². The third-order valence-electron chi connectivity index (χ3n) is 3.45. The Morgan fingerprint density at radius 1 is 1.42 bits per heavy atom. The molecule has 0 saturated heterocycles. The fraction of sp³-hybridized carbons (Fsp3) is 0.667. The number of carbonyl (C=O) groups is 1. The summed E-state index contributed by atoms with van der Waals surface area (Å²) >= 11 is 1.78. The van der Waals surface area contributed by atoms with Crippen molar-refractivity contribution in [1.29, 1.82) is 0 Å². The average Bonchev–Trinajstić information content (AvgIpc) is 3.07. The first-order valence-electron chi connectivity index (χ1n) is 7.15. The first kappa shape index (κ1) is 14.5. The largest absolute Gasteiger partial charge is 0.354 e. The van der Waals surface area contributed by atoms with Crippen molar-refractivity contribution in [3.8, 4) is 0 Å². The van der Waals surface area contributed by atoms with Crippen LogP contribution in [0.15, 0.2) is 17.5 Å². The molecule has 19 heavy (non-hydrogen) atoms. The lowest BCUT2D eigenvalue weighted by atomic mass is 10.1. The minimum Gasteiger partial charge on any atom is -0.354 e. The van der Waals surface area contributed by atoms with Crippen molar-refractivity contribution >= 4 is 17.2 Å². The molecule has 2 atom stereocenters. The molecule has 1 amide bonds. The van der Waals surface area contributed by atoms with Crippen LogP contribution in [0.5, 0.6) is 0 Å². The summed E-state index contributed by atoms with van der Waals surface area (Å²) in [6, 6.07) is 4.46. The second kappa shape index (κ2) is 6.53. The number of thiophene rings is 1. The molecule has 1 fully saturated rings. The maximum Gasteiger partial charge on any atom is 0.236 e. The lowest BCUT2D eigenvalue weighted by molar-refractivity contribution is -0.123. The summed E-state index contributed by atoms with van der Waals surface area (Å²) in [5.74, 6) is 1.31. The van der Waals surface area contributed by atoms with Gasteiger partial charge in [0.15, 0.2) is 0 Å². The summed E-state index contributed by atoms with van der Waals surface area (Å²) in [6.07, 6.45) is 2.55. The summed E-state index contributed by atoms with van der Waals surface area (Å²) in [5, 5.41) is 8.60. The fourth-order valence-electron chi connectivity index (χ4n) is 2.15. The van der Waals surface area contributed by atoms with Gasteiger partial charge in [-0.2, -0.15) is 0 Å². The molecular weight excluding hydrogens is 256 g/mol. The molecule has 1 saturated carbocycles. The van der Waals surface area contributed by atoms with Crippen molar-refractivity contribution in [2.75, 3.05) is 6.54 Å². The van der Waals surface area contributed by atoms with Crippen LogP contribution >= 0.6 is 11.3 Å². The first-order chi connectivity index (χ1) is 9.08. The van der Waals surface area contributed by atoms with Crippen molar-refractivity contribution in [1.82, 2.24) is 10.6 Å². The highest BCUT2D eigenvalue weighted by molar-refractivity contribution is 7.10. The Bertz CT molecular complexity index is 398. The van der Waals surface area contributed by atoms with Crippen molar-refractivity contribution in [3.63, 3.8) is 0 Å². The number of carbonyl (C=O) groups excluding carboxylic acids is 1. The van der Waals surface area contributed by atoms with Crippen LogP contribution in [-0.2, 0) is 4.79 Å². The standard InChI is InChI=1S/C15H24N2OS/c1-10(2)9-16-15(18)11(3)17-14(12-6-7-12)13-5-4-8-19-13/h4-5,8,10-12,14,17H,6-7,9H2,1-3H3,(H,16,18). The van der Waals surface area contributed by atoms with Gasteiger partial charge < -0.3 is 5.32 Å². The average molecular weight is 280 g/mol. The van der Waals surface area contributed by atoms with Gasteiger partial charge in [-0.25, -0.2) is 0 Å². The minimum atomic E-state index is -0.133. The van der Waals surface area contributed by atoms with Crippen LogP contribution in [0.3, 0.4) is 0 Å². The fourth-order valence-corrected chi connectivity index (χ4v) is 3.03. The highest BCUT2D eigenvalue weighted by Crippen LogP contribution is 2.42. The van der Waals surface area contributed by atoms with E-state index in [2.05, 4.69) is 42.0 Å². The Hall–Kier alpha value is -0.870. The van der Waals surface area contributed by atoms with Crippen LogP contribution in [0.25, 0.3) is 0 Å². The predicted octanol–water partition coefficient (Wildman–Crippen LogP) is 2.95. The molecule has 2 N–H and O–H groups in total. The molecular formula is C15H24N2OS. The van der Waals surface area contributed by atoms with Gasteiger partial charge in [-0.1, -0.05) is 19.9 Å². The first-order valence-corrected chi connectivity index (χ1v) is 8.03. The summed E-state index contributed by atoms with van der Waals surface area (Å²) < 4.78 is 0. The van der Waals surface area contributed by atoms with Gasteiger partial charge in [0.1, 0.15) is 0 Å². The van der Waals surface area contributed by atoms with Gasteiger partial charge in [-0.3, -0.25) is 10.1 Å². The summed E-state index contributed by atoms with van der Waals surface area (Å²) in [5.41, 5.74) is 0. The van der Waals surface area contributed by atoms with Crippen molar-refractivity contribution in [3.05, 3.63) is 22.4 Å². The predicted molar refractivity (Wildman–Crippen MR) is 80.2 cm³/mol. The van der Waals surface area contributed by atoms with Gasteiger partial charge in [0.25, 0.3) is 0 Å². The maximum atomic E-state index is 12.0. The van der Waals surface area contributed by atoms with Gasteiger partial charge in [0.2, 0.25) is 5.91 Å². The minimum absolute atomic E-state index is 0.107. The third-order valence-corrected chi connectivity index (χ3v) is 4.41. The van der Waals surface area contributed by atoms with Crippen LogP contribution < -0.4 is 10.6 Å². The Kier molecular flexibility index (Phi) is 4.99. The van der Waals surface area contributed by atoms with Crippen molar-refractivity contribution in [2.45, 2.75) is 45.7 Å². The molecule has 0 radical (unpaired) electrons. The molecule has 2 rings (SSSR count). The molecule has 106 valence electrons. The molecule has 3 nitrogen and oxygen atoms in total. The molecule has 2 unspecified atom stereocenters. The zero-order valence-electron chi connectivity index (χ0n) is 12.0. The molecule has 0 aromatic carbocycles. The number of nitrogens with one attached hydrogen (secondary N) is 2. The molecule has 1 heterocycles. The van der Waals surface area contributed by atoms with E-state index < -0.39 is 0 Å². The summed E-state index contributed by atoms with van der Waals surface area (Å²) in [4.78, 5) is 13.4. The van der Waals surface area contributed by atoms with Crippen molar-refractivity contribution in [2.24, 2.45) is 11.8 Å². The molecule has 0 bridgehead atoms. The van der Waals surface area contributed by atoms with Crippen LogP contribution in [0.2, 0.25) is 0 Å². The molecule has 0 aliphatic heterocycles. The van der Waals surface area contributed by atoms with E-state index in [9.17, 15) is 4.79 Å². The van der Waals surface area contributed by atoms with E-state index in [1.807, 2.05) is 6.92 Å². The quantitative estimate of drug-likeness (QED) is 0.806. The van der Waals surface area contributed by atoms with Crippen molar-refractivity contribution < 1.29 is 4.79 Å². The van der Waals surface area contributed by atoms with Crippen LogP contribution in [0.4, 0.5) is 0 Å². The van der Waals surface area contributed by atoms with E-state index >= 15 is 0 Å². The van der Waals surface area contributed by atoms with E-state index in [4.69, 9.17) is 0 Å². The zero-order chi connectivity index (χ0) is 13.8. The summed E-state index contributed by atoms with van der Waals surface area (Å²) in [6.45, 7) is 6.92. The zero-order valence-corrected chi connectivity index (χ0v) is 12.8. The Balaban J connectivity index is 1.88. The number of hydrogen-bond acceptors (Lipinski definition) is 3. The highest BCUT2D eigenvalue weighted by Gasteiger charge is 2.34. The monoisotopic (exact) mass is 280 g/mol.